The van der Waals surface area contributed by atoms with E-state index in [1.54, 1.807) is 23.4 Å². The maximum atomic E-state index is 14.3. The summed E-state index contributed by atoms with van der Waals surface area (Å²) in [6.45, 7) is 5.92. The zero-order valence-corrected chi connectivity index (χ0v) is 19.3. The maximum Gasteiger partial charge on any atom is 0.260 e. The molecule has 3 aromatic rings. The second-order valence-corrected chi connectivity index (χ2v) is 8.50. The van der Waals surface area contributed by atoms with Crippen LogP contribution in [0, 0.1) is 18.7 Å². The number of nitrogens with zero attached hydrogens (tertiary/aromatic N) is 4. The van der Waals surface area contributed by atoms with Crippen molar-refractivity contribution in [2.75, 3.05) is 0 Å². The lowest BCUT2D eigenvalue weighted by Crippen LogP contribution is -2.37. The summed E-state index contributed by atoms with van der Waals surface area (Å²) in [6, 6.07) is 8.03. The van der Waals surface area contributed by atoms with Gasteiger partial charge in [0.2, 0.25) is 0 Å². The van der Waals surface area contributed by atoms with Crippen LogP contribution in [0.4, 0.5) is 4.39 Å². The molecule has 0 radical (unpaired) electrons. The highest BCUT2D eigenvalue weighted by Gasteiger charge is 2.36. The average Bonchev–Trinajstić information content (AvgIpc) is 2.81. The molecule has 2 aromatic heterocycles. The molecule has 0 N–H and O–H groups in total. The van der Waals surface area contributed by atoms with Crippen LogP contribution in [-0.4, -0.2) is 25.8 Å². The van der Waals surface area contributed by atoms with Crippen molar-refractivity contribution in [3.05, 3.63) is 81.2 Å². The van der Waals surface area contributed by atoms with E-state index < -0.39 is 11.7 Å². The molecule has 32 heavy (non-hydrogen) atoms. The number of carbonyl (C=O) groups is 1. The van der Waals surface area contributed by atoms with E-state index in [0.717, 1.165) is 23.4 Å². The quantitative estimate of drug-likeness (QED) is 0.407. The highest BCUT2D eigenvalue weighted by molar-refractivity contribution is 6.37. The van der Waals surface area contributed by atoms with Crippen molar-refractivity contribution in [1.82, 2.24) is 19.9 Å². The summed E-state index contributed by atoms with van der Waals surface area (Å²) in [7, 11) is 0. The summed E-state index contributed by atoms with van der Waals surface area (Å²) >= 11 is 12.0. The van der Waals surface area contributed by atoms with Crippen molar-refractivity contribution in [3.63, 3.8) is 0 Å². The van der Waals surface area contributed by atoms with E-state index in [2.05, 4.69) is 16.9 Å². The zero-order chi connectivity index (χ0) is 23.0. The normalized spacial score (nSPS) is 16.1. The molecule has 1 amide bonds. The number of amides is 1. The Morgan fingerprint density at radius 2 is 2.00 bits per heavy atom. The summed E-state index contributed by atoms with van der Waals surface area (Å²) in [5.41, 5.74) is 3.03. The zero-order valence-electron chi connectivity index (χ0n) is 17.8. The molecule has 0 saturated heterocycles. The first-order valence-electron chi connectivity index (χ1n) is 10.3. The van der Waals surface area contributed by atoms with Crippen molar-refractivity contribution in [3.8, 4) is 11.4 Å². The van der Waals surface area contributed by atoms with Crippen LogP contribution in [0.5, 0.6) is 0 Å². The van der Waals surface area contributed by atoms with E-state index in [4.69, 9.17) is 28.2 Å². The van der Waals surface area contributed by atoms with Crippen LogP contribution in [0.25, 0.3) is 17.5 Å². The number of carbonyl (C=O) groups excluding carboxylic acids is 1. The first-order valence-corrected chi connectivity index (χ1v) is 11.0. The number of aryl methyl sites for hydroxylation is 1. The van der Waals surface area contributed by atoms with Crippen LogP contribution in [0.3, 0.4) is 0 Å². The minimum atomic E-state index is -0.809. The van der Waals surface area contributed by atoms with Gasteiger partial charge in [-0.25, -0.2) is 14.4 Å². The highest BCUT2D eigenvalue weighted by Crippen LogP contribution is 2.40. The minimum Gasteiger partial charge on any atom is -0.306 e. The number of aromatic nitrogens is 3. The Labute approximate surface area is 195 Å². The Bertz CT molecular complexity index is 1220. The Morgan fingerprint density at radius 1 is 1.22 bits per heavy atom. The smallest absolute Gasteiger partial charge is 0.260 e. The molecule has 0 fully saturated rings. The molecular weight excluding hydrogens is 450 g/mol. The lowest BCUT2D eigenvalue weighted by atomic mass is 9.88. The molecule has 2 atom stereocenters. The second-order valence-electron chi connectivity index (χ2n) is 7.71. The lowest BCUT2D eigenvalue weighted by molar-refractivity contribution is 0.0714. The Hall–Kier alpha value is -2.83. The number of hydrogen-bond acceptors (Lipinski definition) is 4. The number of halogens is 3. The topological polar surface area (TPSA) is 59.0 Å². The molecule has 1 unspecified atom stereocenters. The second kappa shape index (κ2) is 8.96. The Morgan fingerprint density at radius 3 is 2.69 bits per heavy atom. The van der Waals surface area contributed by atoms with E-state index in [1.165, 1.54) is 12.1 Å². The fraction of sp³-hybridized carbons (Fsp3) is 0.250. The van der Waals surface area contributed by atoms with Crippen LogP contribution in [-0.2, 0) is 0 Å². The van der Waals surface area contributed by atoms with Gasteiger partial charge in [0.1, 0.15) is 5.82 Å². The van der Waals surface area contributed by atoms with Crippen molar-refractivity contribution in [2.45, 2.75) is 33.2 Å². The number of fused-ring (bicyclic) bond motifs is 1. The summed E-state index contributed by atoms with van der Waals surface area (Å²) in [6.07, 6.45) is 6.00. The first kappa shape index (κ1) is 22.4. The molecule has 4 rings (SSSR count). The fourth-order valence-corrected chi connectivity index (χ4v) is 4.31. The standard InChI is InChI=1S/C24H21Cl2FN4O/c1-4-13(2)23-22-16(21(29-14(3)30-22)18-7-5-6-11-28-18)10-12-31(23)24(32)15-8-9-17(25)20(27)19(15)26/h5-13,23H,4H2,1-3H3/t13?,23-/m0/s1. The molecule has 0 spiro atoms. The van der Waals surface area contributed by atoms with Crippen LogP contribution in [0.1, 0.15) is 53.7 Å². The third-order valence-corrected chi connectivity index (χ3v) is 6.32. The van der Waals surface area contributed by atoms with Crippen molar-refractivity contribution >= 4 is 35.2 Å². The Kier molecular flexibility index (Phi) is 6.26. The summed E-state index contributed by atoms with van der Waals surface area (Å²) < 4.78 is 14.3. The number of benzene rings is 1. The van der Waals surface area contributed by atoms with E-state index in [-0.39, 0.29) is 27.6 Å². The van der Waals surface area contributed by atoms with Gasteiger partial charge in [-0.2, -0.15) is 0 Å². The van der Waals surface area contributed by atoms with Gasteiger partial charge in [-0.3, -0.25) is 9.78 Å². The van der Waals surface area contributed by atoms with E-state index in [1.807, 2.05) is 32.0 Å². The van der Waals surface area contributed by atoms with E-state index in [0.29, 0.717) is 11.5 Å². The summed E-state index contributed by atoms with van der Waals surface area (Å²) in [5.74, 6) is -0.592. The first-order chi connectivity index (χ1) is 15.3. The van der Waals surface area contributed by atoms with Gasteiger partial charge in [0.25, 0.3) is 5.91 Å². The van der Waals surface area contributed by atoms with Crippen molar-refractivity contribution in [1.29, 1.82) is 0 Å². The molecule has 0 aliphatic carbocycles. The largest absolute Gasteiger partial charge is 0.306 e. The van der Waals surface area contributed by atoms with E-state index >= 15 is 0 Å². The summed E-state index contributed by atoms with van der Waals surface area (Å²) in [4.78, 5) is 28.8. The molecule has 8 heteroatoms. The van der Waals surface area contributed by atoms with Gasteiger partial charge < -0.3 is 4.90 Å². The fourth-order valence-electron chi connectivity index (χ4n) is 3.86. The third kappa shape index (κ3) is 3.89. The van der Waals surface area contributed by atoms with Gasteiger partial charge in [-0.1, -0.05) is 49.5 Å². The SMILES string of the molecule is CCC(C)[C@H]1c2nc(C)nc(-c3ccccn3)c2C=CN1C(=O)c1ccc(Cl)c(F)c1Cl. The van der Waals surface area contributed by atoms with Crippen LogP contribution in [0.15, 0.2) is 42.7 Å². The van der Waals surface area contributed by atoms with Gasteiger partial charge in [0.15, 0.2) is 5.82 Å². The molecular formula is C24H21Cl2FN4O. The molecule has 0 saturated carbocycles. The Balaban J connectivity index is 1.87. The maximum absolute atomic E-state index is 14.3. The van der Waals surface area contributed by atoms with Crippen LogP contribution >= 0.6 is 23.2 Å². The lowest BCUT2D eigenvalue weighted by Gasteiger charge is -2.36. The predicted octanol–water partition coefficient (Wildman–Crippen LogP) is 6.51. The third-order valence-electron chi connectivity index (χ3n) is 5.66. The van der Waals surface area contributed by atoms with Gasteiger partial charge in [0, 0.05) is 18.0 Å². The van der Waals surface area contributed by atoms with Gasteiger partial charge in [-0.15, -0.1) is 0 Å². The molecule has 1 aliphatic heterocycles. The summed E-state index contributed by atoms with van der Waals surface area (Å²) in [5, 5.41) is -0.425. The molecule has 5 nitrogen and oxygen atoms in total. The minimum absolute atomic E-state index is 0.0469. The predicted molar refractivity (Wildman–Crippen MR) is 124 cm³/mol. The molecule has 0 bridgehead atoms. The average molecular weight is 471 g/mol. The molecule has 1 aliphatic rings. The monoisotopic (exact) mass is 470 g/mol. The van der Waals surface area contributed by atoms with Gasteiger partial charge >= 0.3 is 0 Å². The van der Waals surface area contributed by atoms with Crippen molar-refractivity contribution in [2.24, 2.45) is 5.92 Å². The van der Waals surface area contributed by atoms with Crippen LogP contribution in [0.2, 0.25) is 10.0 Å². The van der Waals surface area contributed by atoms with E-state index in [9.17, 15) is 9.18 Å². The molecule has 1 aromatic carbocycles. The van der Waals surface area contributed by atoms with Gasteiger partial charge in [-0.05, 0) is 43.2 Å². The van der Waals surface area contributed by atoms with Gasteiger partial charge in [0.05, 0.1) is 38.7 Å². The van der Waals surface area contributed by atoms with Crippen LogP contribution < -0.4 is 0 Å². The number of rotatable bonds is 4. The molecule has 3 heterocycles. The number of hydrogen-bond donors (Lipinski definition) is 0. The van der Waals surface area contributed by atoms with Crippen molar-refractivity contribution < 1.29 is 9.18 Å². The highest BCUT2D eigenvalue weighted by atomic mass is 35.5. The number of pyridine rings is 1. The molecule has 164 valence electrons.